The summed E-state index contributed by atoms with van der Waals surface area (Å²) in [5.74, 6) is 3.89. The summed E-state index contributed by atoms with van der Waals surface area (Å²) in [4.78, 5) is 0. The second kappa shape index (κ2) is 14.0. The maximum atomic E-state index is 11.6. The van der Waals surface area contributed by atoms with E-state index >= 15 is 0 Å². The zero-order chi connectivity index (χ0) is 33.5. The zero-order valence-corrected chi connectivity index (χ0v) is 34.2. The number of hydrogen-bond donors (Lipinski definition) is 2. The van der Waals surface area contributed by atoms with E-state index in [0.717, 1.165) is 33.1 Å². The summed E-state index contributed by atoms with van der Waals surface area (Å²) in [6.45, 7) is 25.8. The first-order valence-corrected chi connectivity index (χ1v) is 25.8. The van der Waals surface area contributed by atoms with Gasteiger partial charge in [-0.05, 0) is 0 Å². The van der Waals surface area contributed by atoms with Gasteiger partial charge in [0.15, 0.2) is 0 Å². The third-order valence-corrected chi connectivity index (χ3v) is 30.4. The molecule has 4 atom stereocenters. The fourth-order valence-corrected chi connectivity index (χ4v) is 35.0. The Kier molecular flexibility index (Phi) is 11.5. The van der Waals surface area contributed by atoms with Crippen LogP contribution in [0.1, 0.15) is 144 Å². The van der Waals surface area contributed by atoms with E-state index in [2.05, 4.69) is 107 Å². The van der Waals surface area contributed by atoms with Gasteiger partial charge in [-0.3, -0.25) is 0 Å². The summed E-state index contributed by atoms with van der Waals surface area (Å²) in [7, 11) is 0.619. The maximum absolute atomic E-state index is 11.6. The first kappa shape index (κ1) is 37.0. The van der Waals surface area contributed by atoms with Crippen molar-refractivity contribution < 1.29 is 38.8 Å². The van der Waals surface area contributed by atoms with Crippen LogP contribution in [0.25, 0.3) is 0 Å². The zero-order valence-electron chi connectivity index (χ0n) is 30.1. The van der Waals surface area contributed by atoms with Crippen molar-refractivity contribution in [3.8, 4) is 23.0 Å². The number of ether oxygens (including phenoxy) is 2. The van der Waals surface area contributed by atoms with E-state index in [1.807, 2.05) is 0 Å². The van der Waals surface area contributed by atoms with E-state index in [4.69, 9.17) is 9.47 Å². The molecule has 1 saturated carbocycles. The predicted octanol–water partition coefficient (Wildman–Crippen LogP) is 11.3. The summed E-state index contributed by atoms with van der Waals surface area (Å²) in [5.41, 5.74) is 3.78. The third kappa shape index (κ3) is 9.88. The average molecular weight is 736 g/mol. The minimum atomic E-state index is -0.860. The van der Waals surface area contributed by atoms with Crippen LogP contribution in [0.3, 0.4) is 0 Å². The van der Waals surface area contributed by atoms with Crippen LogP contribution in [0.15, 0.2) is 24.3 Å². The minimum absolute atomic E-state index is 0.0350. The monoisotopic (exact) mass is 734 g/mol. The molecule has 0 saturated heterocycles. The van der Waals surface area contributed by atoms with Crippen LogP contribution in [0.4, 0.5) is 0 Å². The van der Waals surface area contributed by atoms with E-state index in [1.54, 1.807) is 0 Å². The van der Waals surface area contributed by atoms with Crippen LogP contribution >= 0.6 is 14.2 Å². The SMILES string of the molecule is CC(C)(C)Oc1cc(C(C)(C)C)cc(C[S]2=[Zr]=[S](Cc3cc(C(C)(C)C)cc(OC(C)(C)C)c3O)[C@H]3CCCCCCC32)c1O. The van der Waals surface area contributed by atoms with Gasteiger partial charge in [0.2, 0.25) is 0 Å². The van der Waals surface area contributed by atoms with Gasteiger partial charge >= 0.3 is 288 Å². The first-order chi connectivity index (χ1) is 20.6. The second-order valence-corrected chi connectivity index (χ2v) is 32.8. The Morgan fingerprint density at radius 3 is 1.27 bits per heavy atom. The molecule has 2 aliphatic rings. The van der Waals surface area contributed by atoms with Gasteiger partial charge in [-0.15, -0.1) is 0 Å². The molecular weight excluding hydrogens is 676 g/mol. The molecule has 1 aliphatic heterocycles. The molecular formula is C38H60O4S2Zr. The molecule has 4 nitrogen and oxygen atoms in total. The van der Waals surface area contributed by atoms with Crippen LogP contribution in [-0.2, 0) is 41.5 Å². The third-order valence-electron chi connectivity index (χ3n) is 8.58. The fraction of sp³-hybridized carbons (Fsp3) is 0.684. The summed E-state index contributed by atoms with van der Waals surface area (Å²) in [6, 6.07) is 8.68. The summed E-state index contributed by atoms with van der Waals surface area (Å²) in [5, 5.41) is 24.7. The van der Waals surface area contributed by atoms with E-state index in [9.17, 15) is 10.2 Å². The number of phenolic OH excluding ortho intramolecular Hbond substituents is 2. The molecule has 0 amide bonds. The molecule has 0 bridgehead atoms. The van der Waals surface area contributed by atoms with Crippen molar-refractivity contribution in [1.29, 1.82) is 0 Å². The van der Waals surface area contributed by atoms with Crippen LogP contribution in [-0.4, -0.2) is 31.9 Å². The number of hydrogen-bond acceptors (Lipinski definition) is 4. The standard InChI is InChI=1S/C38H60O4S2.Zr/c1-35(2,3)27-19-25(33(39)29(21-27)41-37(7,8)9)23-43-31-17-15-13-14-16-18-32(31)44-24-26-20-28(36(4,5)6)22-30(34(26)40)42-38(10,11)12;/h19-22,31-32,39-40H,13-18,23-24H2,1-12H3;/t31-,32?;/m0./s1. The van der Waals surface area contributed by atoms with E-state index < -0.39 is 19.2 Å². The van der Waals surface area contributed by atoms with Gasteiger partial charge in [0.25, 0.3) is 0 Å². The van der Waals surface area contributed by atoms with Crippen LogP contribution in [0, 0.1) is 0 Å². The van der Waals surface area contributed by atoms with E-state index in [0.29, 0.717) is 37.2 Å². The number of rotatable bonds is 6. The van der Waals surface area contributed by atoms with Gasteiger partial charge in [-0.25, -0.2) is 0 Å². The van der Waals surface area contributed by atoms with Crippen molar-refractivity contribution in [1.82, 2.24) is 0 Å². The van der Waals surface area contributed by atoms with Crippen molar-refractivity contribution in [3.05, 3.63) is 46.5 Å². The Morgan fingerprint density at radius 2 is 0.956 bits per heavy atom. The molecule has 2 aromatic rings. The fourth-order valence-electron chi connectivity index (χ4n) is 6.17. The van der Waals surface area contributed by atoms with Crippen molar-refractivity contribution in [2.45, 2.75) is 166 Å². The van der Waals surface area contributed by atoms with Gasteiger partial charge in [0.1, 0.15) is 0 Å². The molecule has 0 radical (unpaired) electrons. The van der Waals surface area contributed by atoms with Gasteiger partial charge < -0.3 is 0 Å². The Morgan fingerprint density at radius 1 is 0.600 bits per heavy atom. The molecule has 7 heteroatoms. The molecule has 1 fully saturated rings. The van der Waals surface area contributed by atoms with Crippen molar-refractivity contribution in [2.24, 2.45) is 0 Å². The molecule has 45 heavy (non-hydrogen) atoms. The molecule has 2 aromatic carbocycles. The predicted molar refractivity (Wildman–Crippen MR) is 192 cm³/mol. The number of benzene rings is 2. The summed E-state index contributed by atoms with van der Waals surface area (Å²) in [6.07, 6.45) is 7.96. The molecule has 0 aromatic heterocycles. The van der Waals surface area contributed by atoms with Crippen LogP contribution in [0.5, 0.6) is 23.0 Å². The normalized spacial score (nSPS) is 22.9. The number of aromatic hydroxyl groups is 2. The molecule has 2 N–H and O–H groups in total. The Hall–Kier alpha value is -0.777. The van der Waals surface area contributed by atoms with Crippen LogP contribution < -0.4 is 9.47 Å². The van der Waals surface area contributed by atoms with Gasteiger partial charge in [0, 0.05) is 0 Å². The van der Waals surface area contributed by atoms with E-state index in [1.165, 1.54) is 49.7 Å². The Bertz CT molecular complexity index is 1350. The summed E-state index contributed by atoms with van der Waals surface area (Å²) < 4.78 is 12.7. The molecule has 1 aliphatic carbocycles. The first-order valence-electron chi connectivity index (χ1n) is 16.9. The molecule has 252 valence electrons. The Labute approximate surface area is 286 Å². The van der Waals surface area contributed by atoms with Crippen molar-refractivity contribution in [3.63, 3.8) is 0 Å². The second-order valence-electron chi connectivity index (χ2n) is 17.2. The molecule has 4 rings (SSSR count). The quantitative estimate of drug-likeness (QED) is 0.310. The topological polar surface area (TPSA) is 58.9 Å². The van der Waals surface area contributed by atoms with Crippen LogP contribution in [0.2, 0.25) is 0 Å². The van der Waals surface area contributed by atoms with Crippen molar-refractivity contribution >= 4 is 14.2 Å². The average Bonchev–Trinajstić information content (AvgIpc) is 3.14. The van der Waals surface area contributed by atoms with Gasteiger partial charge in [-0.1, -0.05) is 0 Å². The van der Waals surface area contributed by atoms with Gasteiger partial charge in [-0.2, -0.15) is 0 Å². The number of fused-ring (bicyclic) bond motifs is 1. The number of phenols is 2. The molecule has 1 heterocycles. The molecule has 3 unspecified atom stereocenters. The molecule has 0 spiro atoms. The van der Waals surface area contributed by atoms with E-state index in [-0.39, 0.29) is 22.0 Å². The van der Waals surface area contributed by atoms with Gasteiger partial charge in [0.05, 0.1) is 0 Å². The summed E-state index contributed by atoms with van der Waals surface area (Å²) >= 11 is -0.860. The van der Waals surface area contributed by atoms with Crippen molar-refractivity contribution in [2.75, 3.05) is 0 Å². The Balaban J connectivity index is 1.83.